The number of aliphatic hydroxyl groups is 4. The summed E-state index contributed by atoms with van der Waals surface area (Å²) < 4.78 is 30.0. The number of ether oxygens (including phenoxy) is 5. The van der Waals surface area contributed by atoms with E-state index in [9.17, 15) is 59.1 Å². The summed E-state index contributed by atoms with van der Waals surface area (Å²) in [5.41, 5.74) is 3.90. The molecule has 23 heteroatoms. The maximum atomic E-state index is 14.5. The molecule has 1 amide bonds. The normalized spacial score (nSPS) is 30.1. The number of nitrogens with zero attached hydrogens (tertiary/aromatic N) is 3. The third kappa shape index (κ3) is 13.6. The van der Waals surface area contributed by atoms with Crippen molar-refractivity contribution in [2.24, 2.45) is 11.7 Å². The molecule has 0 spiro atoms. The van der Waals surface area contributed by atoms with Gasteiger partial charge in [-0.3, -0.25) is 38.4 Å². The summed E-state index contributed by atoms with van der Waals surface area (Å²) in [7, 11) is 2.46. The molecule has 0 bridgehead atoms. The van der Waals surface area contributed by atoms with Crippen LogP contribution in [0.5, 0.6) is 0 Å². The molecule has 0 aliphatic carbocycles. The van der Waals surface area contributed by atoms with E-state index in [2.05, 4.69) is 6.92 Å². The summed E-state index contributed by atoms with van der Waals surface area (Å²) in [5, 5.41) is 63.7. The SMILES string of the molecule is CCCCCCCCCC[C@H](CC(=O)O[C@H]1CN(C)[C@@H](C(O[C@@H]2O[C@H](CN)[C@@H](O)[C@H]2O)[C@H]2O[C@@H](n3ccc(=O)[nH]c3=O)[C@H](O)[C@@H]2O)C(=O)N(C)[C@@H]1C(=O)O)OC(=O)C[C@H](C)CC(=O)O. The second kappa shape index (κ2) is 24.3. The molecule has 9 N–H and O–H groups in total. The number of aromatic amines is 1. The molecule has 0 aromatic carbocycles. The molecular formula is C41H65N5O18. The molecule has 14 atom stereocenters. The highest BCUT2D eigenvalue weighted by Gasteiger charge is 2.57. The highest BCUT2D eigenvalue weighted by Crippen LogP contribution is 2.36. The van der Waals surface area contributed by atoms with Crippen LogP contribution >= 0.6 is 0 Å². The number of aliphatic carboxylic acids is 2. The number of esters is 2. The molecule has 362 valence electrons. The van der Waals surface area contributed by atoms with Crippen LogP contribution in [0.4, 0.5) is 0 Å². The van der Waals surface area contributed by atoms with Gasteiger partial charge in [-0.15, -0.1) is 0 Å². The number of H-pyrrole nitrogens is 1. The number of carbonyl (C=O) groups is 5. The van der Waals surface area contributed by atoms with E-state index in [0.29, 0.717) is 6.42 Å². The lowest BCUT2D eigenvalue weighted by Gasteiger charge is -2.38. The Hall–Kier alpha value is -4.33. The molecule has 1 unspecified atom stereocenters. The minimum atomic E-state index is -1.95. The average molecular weight is 916 g/mol. The van der Waals surface area contributed by atoms with Gasteiger partial charge in [0.2, 0.25) is 5.91 Å². The van der Waals surface area contributed by atoms with Gasteiger partial charge in [0.1, 0.15) is 61.0 Å². The van der Waals surface area contributed by atoms with Crippen molar-refractivity contribution in [2.75, 3.05) is 27.2 Å². The second-order valence-corrected chi connectivity index (χ2v) is 17.0. The van der Waals surface area contributed by atoms with Crippen molar-refractivity contribution in [1.82, 2.24) is 19.4 Å². The molecular weight excluding hydrogens is 850 g/mol. The summed E-state index contributed by atoms with van der Waals surface area (Å²) in [6.45, 7) is 2.93. The molecule has 1 aromatic heterocycles. The van der Waals surface area contributed by atoms with Gasteiger partial charge < -0.3 is 65.0 Å². The Bertz CT molecular complexity index is 1850. The maximum Gasteiger partial charge on any atom is 0.330 e. The van der Waals surface area contributed by atoms with Gasteiger partial charge in [0.25, 0.3) is 5.56 Å². The van der Waals surface area contributed by atoms with Gasteiger partial charge in [0.05, 0.1) is 6.42 Å². The fourth-order valence-electron chi connectivity index (χ4n) is 8.42. The number of hydrogen-bond donors (Lipinski definition) is 8. The van der Waals surface area contributed by atoms with Crippen molar-refractivity contribution in [3.8, 4) is 0 Å². The highest BCUT2D eigenvalue weighted by molar-refractivity contribution is 5.88. The topological polar surface area (TPSA) is 340 Å². The van der Waals surface area contributed by atoms with E-state index >= 15 is 0 Å². The van der Waals surface area contributed by atoms with E-state index in [-0.39, 0.29) is 25.8 Å². The molecule has 23 nitrogen and oxygen atoms in total. The number of rotatable bonds is 24. The number of carbonyl (C=O) groups excluding carboxylic acids is 3. The van der Waals surface area contributed by atoms with Crippen LogP contribution in [0.1, 0.15) is 97.1 Å². The number of nitrogens with two attached hydrogens (primary N) is 1. The van der Waals surface area contributed by atoms with Crippen LogP contribution in [0.15, 0.2) is 21.9 Å². The molecule has 1 aromatic rings. The Morgan fingerprint density at radius 2 is 1.53 bits per heavy atom. The number of unbranched alkanes of at least 4 members (excludes halogenated alkanes) is 7. The molecule has 0 saturated carbocycles. The lowest BCUT2D eigenvalue weighted by atomic mass is 9.97. The number of carboxylic acid groups (broad SMARTS) is 2. The van der Waals surface area contributed by atoms with Crippen molar-refractivity contribution in [1.29, 1.82) is 0 Å². The lowest BCUT2D eigenvalue weighted by molar-refractivity contribution is -0.233. The van der Waals surface area contributed by atoms with Gasteiger partial charge in [0.15, 0.2) is 18.6 Å². The Balaban J connectivity index is 1.61. The summed E-state index contributed by atoms with van der Waals surface area (Å²) in [4.78, 5) is 93.8. The zero-order chi connectivity index (χ0) is 47.4. The van der Waals surface area contributed by atoms with Crippen molar-refractivity contribution in [3.05, 3.63) is 33.1 Å². The van der Waals surface area contributed by atoms with E-state index < -0.39 is 139 Å². The van der Waals surface area contributed by atoms with Gasteiger partial charge in [0, 0.05) is 45.2 Å². The quantitative estimate of drug-likeness (QED) is 0.0428. The standard InChI is InChI=1S/C41H65N5O18/c1-5-6-7-8-9-10-11-12-13-22(60-27(50)17-21(2)16-26(48)49)18-28(51)61-24-20-44(3)30(37(56)45(4)29(24)39(57)58)35(64-40-34(55)31(52)23(19-42)62-40)36-32(53)33(54)38(63-36)46-15-14-25(47)43-41(46)59/h14-15,21-24,29-36,38,40,52-55H,5-13,16-20,42H2,1-4H3,(H,48,49)(H,57,58)(H,43,47,59)/t21-,22-,23-,24+,29+,30+,31-,32+,33-,34-,35?,36+,38-,40+/m1/s1. The van der Waals surface area contributed by atoms with Crippen molar-refractivity contribution in [3.63, 3.8) is 0 Å². The zero-order valence-corrected chi connectivity index (χ0v) is 36.6. The lowest BCUT2D eigenvalue weighted by Crippen LogP contribution is -2.59. The molecule has 3 saturated heterocycles. The smallest absolute Gasteiger partial charge is 0.330 e. The largest absolute Gasteiger partial charge is 0.481 e. The molecule has 4 heterocycles. The monoisotopic (exact) mass is 915 g/mol. The first-order valence-electron chi connectivity index (χ1n) is 21.8. The minimum Gasteiger partial charge on any atom is -0.481 e. The first-order valence-corrected chi connectivity index (χ1v) is 21.8. The van der Waals surface area contributed by atoms with Crippen LogP contribution < -0.4 is 17.0 Å². The first-order chi connectivity index (χ1) is 30.3. The van der Waals surface area contributed by atoms with E-state index in [0.717, 1.165) is 73.7 Å². The van der Waals surface area contributed by atoms with Crippen LogP contribution in [0.3, 0.4) is 0 Å². The first kappa shape index (κ1) is 52.3. The van der Waals surface area contributed by atoms with E-state index in [1.54, 1.807) is 6.92 Å². The van der Waals surface area contributed by atoms with Crippen LogP contribution in [-0.2, 0) is 47.7 Å². The van der Waals surface area contributed by atoms with Crippen LogP contribution in [-0.4, -0.2) is 180 Å². The van der Waals surface area contributed by atoms with Crippen LogP contribution in [0.25, 0.3) is 0 Å². The Morgan fingerprint density at radius 1 is 0.875 bits per heavy atom. The Kier molecular flexibility index (Phi) is 19.8. The van der Waals surface area contributed by atoms with Crippen molar-refractivity contribution < 1.29 is 78.3 Å². The predicted molar refractivity (Wildman–Crippen MR) is 220 cm³/mol. The number of aromatic nitrogens is 2. The van der Waals surface area contributed by atoms with Gasteiger partial charge in [-0.25, -0.2) is 9.59 Å². The molecule has 3 aliphatic heterocycles. The number of carboxylic acids is 2. The number of nitrogens with one attached hydrogen (secondary N) is 1. The van der Waals surface area contributed by atoms with Crippen molar-refractivity contribution >= 4 is 29.8 Å². The van der Waals surface area contributed by atoms with Gasteiger partial charge in [-0.2, -0.15) is 0 Å². The molecule has 64 heavy (non-hydrogen) atoms. The number of hydrogen-bond acceptors (Lipinski definition) is 18. The summed E-state index contributed by atoms with van der Waals surface area (Å²) >= 11 is 0. The highest BCUT2D eigenvalue weighted by atomic mass is 16.7. The summed E-state index contributed by atoms with van der Waals surface area (Å²) in [6, 6.07) is -2.56. The fourth-order valence-corrected chi connectivity index (χ4v) is 8.42. The third-order valence-electron chi connectivity index (χ3n) is 11.8. The van der Waals surface area contributed by atoms with E-state index in [1.807, 2.05) is 4.98 Å². The molecule has 3 fully saturated rings. The Morgan fingerprint density at radius 3 is 2.12 bits per heavy atom. The number of amides is 1. The van der Waals surface area contributed by atoms with E-state index in [1.165, 1.54) is 11.9 Å². The predicted octanol–water partition coefficient (Wildman–Crippen LogP) is -1.58. The molecule has 3 aliphatic rings. The van der Waals surface area contributed by atoms with Gasteiger partial charge >= 0.3 is 29.6 Å². The number of likely N-dealkylation sites (N-methyl/N-ethyl adjacent to an activating group) is 2. The summed E-state index contributed by atoms with van der Waals surface area (Å²) in [6.07, 6.45) is -9.91. The van der Waals surface area contributed by atoms with Gasteiger partial charge in [-0.1, -0.05) is 58.8 Å². The van der Waals surface area contributed by atoms with Crippen LogP contribution in [0, 0.1) is 5.92 Å². The van der Waals surface area contributed by atoms with Crippen LogP contribution in [0.2, 0.25) is 0 Å². The second-order valence-electron chi connectivity index (χ2n) is 17.0. The minimum absolute atomic E-state index is 0.227. The summed E-state index contributed by atoms with van der Waals surface area (Å²) in [5.74, 6) is -5.91. The van der Waals surface area contributed by atoms with Crippen molar-refractivity contribution in [2.45, 2.75) is 170 Å². The Labute approximate surface area is 369 Å². The zero-order valence-electron chi connectivity index (χ0n) is 36.6. The van der Waals surface area contributed by atoms with Gasteiger partial charge in [-0.05, 0) is 25.8 Å². The average Bonchev–Trinajstić information content (AvgIpc) is 3.62. The third-order valence-corrected chi connectivity index (χ3v) is 11.8. The fraction of sp³-hybridized carbons (Fsp3) is 0.780. The van der Waals surface area contributed by atoms with E-state index in [4.69, 9.17) is 34.5 Å². The number of aliphatic hydroxyl groups excluding tert-OH is 4. The molecule has 4 rings (SSSR count). The molecule has 0 radical (unpaired) electrons. The maximum absolute atomic E-state index is 14.5.